The summed E-state index contributed by atoms with van der Waals surface area (Å²) in [5, 5.41) is 2.75. The summed E-state index contributed by atoms with van der Waals surface area (Å²) in [4.78, 5) is 12.4. The van der Waals surface area contributed by atoms with Crippen molar-refractivity contribution in [3.63, 3.8) is 0 Å². The molecule has 6 nitrogen and oxygen atoms in total. The summed E-state index contributed by atoms with van der Waals surface area (Å²) in [7, 11) is -2.19. The maximum absolute atomic E-state index is 12.4. The second kappa shape index (κ2) is 9.95. The zero-order valence-electron chi connectivity index (χ0n) is 16.5. The summed E-state index contributed by atoms with van der Waals surface area (Å²) in [6.07, 6.45) is 0. The maximum Gasteiger partial charge on any atom is 0.240 e. The van der Waals surface area contributed by atoms with E-state index in [0.717, 1.165) is 5.75 Å². The molecule has 0 spiro atoms. The van der Waals surface area contributed by atoms with Gasteiger partial charge in [0.2, 0.25) is 15.9 Å². The topological polar surface area (TPSA) is 84.5 Å². The van der Waals surface area contributed by atoms with Gasteiger partial charge in [0.1, 0.15) is 5.75 Å². The minimum atomic E-state index is -3.66. The van der Waals surface area contributed by atoms with E-state index in [2.05, 4.69) is 10.0 Å². The van der Waals surface area contributed by atoms with Crippen LogP contribution in [0.2, 0.25) is 0 Å². The number of hydrogen-bond acceptors (Lipinski definition) is 5. The first kappa shape index (κ1) is 22.3. The zero-order valence-corrected chi connectivity index (χ0v) is 18.1. The molecule has 28 heavy (non-hydrogen) atoms. The normalized spacial score (nSPS) is 11.5. The van der Waals surface area contributed by atoms with E-state index in [1.807, 2.05) is 31.2 Å². The predicted molar refractivity (Wildman–Crippen MR) is 114 cm³/mol. The van der Waals surface area contributed by atoms with Gasteiger partial charge in [0.15, 0.2) is 0 Å². The van der Waals surface area contributed by atoms with Crippen LogP contribution in [0.5, 0.6) is 5.75 Å². The van der Waals surface area contributed by atoms with Crippen molar-refractivity contribution in [2.75, 3.05) is 18.2 Å². The molecule has 0 saturated carbocycles. The molecule has 0 fully saturated rings. The highest BCUT2D eigenvalue weighted by Crippen LogP contribution is 2.28. The number of sulfonamides is 1. The van der Waals surface area contributed by atoms with Crippen LogP contribution in [-0.2, 0) is 20.6 Å². The van der Waals surface area contributed by atoms with Crippen LogP contribution in [0.25, 0.3) is 0 Å². The van der Waals surface area contributed by atoms with Crippen molar-refractivity contribution in [2.45, 2.75) is 37.5 Å². The molecule has 1 amide bonds. The Morgan fingerprint density at radius 3 is 2.54 bits per heavy atom. The second-order valence-electron chi connectivity index (χ2n) is 6.61. The van der Waals surface area contributed by atoms with E-state index in [9.17, 15) is 13.2 Å². The smallest absolute Gasteiger partial charge is 0.240 e. The maximum atomic E-state index is 12.4. The lowest BCUT2D eigenvalue weighted by Gasteiger charge is -2.14. The molecule has 2 aromatic carbocycles. The molecule has 2 rings (SSSR count). The van der Waals surface area contributed by atoms with Crippen LogP contribution in [0, 0.1) is 6.92 Å². The van der Waals surface area contributed by atoms with Crippen LogP contribution in [0.4, 0.5) is 5.69 Å². The molecule has 0 heterocycles. The van der Waals surface area contributed by atoms with E-state index < -0.39 is 10.0 Å². The van der Waals surface area contributed by atoms with Crippen molar-refractivity contribution in [1.29, 1.82) is 0 Å². The van der Waals surface area contributed by atoms with E-state index in [1.54, 1.807) is 13.8 Å². The number of nitrogens with one attached hydrogen (secondary N) is 2. The highest BCUT2D eigenvalue weighted by atomic mass is 32.2. The first-order chi connectivity index (χ1) is 13.2. The number of hydrogen-bond donors (Lipinski definition) is 2. The highest BCUT2D eigenvalue weighted by Gasteiger charge is 2.18. The Morgan fingerprint density at radius 2 is 1.89 bits per heavy atom. The van der Waals surface area contributed by atoms with E-state index in [4.69, 9.17) is 4.74 Å². The standard InChI is InChI=1S/C20H26N2O4S2/c1-14(2)22-28(24,25)17-9-10-19(26-4)18(11-17)21-20(23)13-27-12-16-8-6-5-7-15(16)3/h5-11,14,22H,12-13H2,1-4H3,(H,21,23). The first-order valence-electron chi connectivity index (χ1n) is 8.85. The number of rotatable bonds is 9. The third kappa shape index (κ3) is 6.25. The van der Waals surface area contributed by atoms with E-state index >= 15 is 0 Å². The minimum absolute atomic E-state index is 0.0739. The zero-order chi connectivity index (χ0) is 20.7. The molecule has 0 aliphatic carbocycles. The highest BCUT2D eigenvalue weighted by molar-refractivity contribution is 7.99. The molecule has 0 unspecified atom stereocenters. The molecular weight excluding hydrogens is 396 g/mol. The third-order valence-corrected chi connectivity index (χ3v) is 6.54. The van der Waals surface area contributed by atoms with Crippen LogP contribution < -0.4 is 14.8 Å². The Morgan fingerprint density at radius 1 is 1.18 bits per heavy atom. The van der Waals surface area contributed by atoms with Gasteiger partial charge in [-0.25, -0.2) is 13.1 Å². The van der Waals surface area contributed by atoms with Crippen LogP contribution in [0.1, 0.15) is 25.0 Å². The molecule has 8 heteroatoms. The van der Waals surface area contributed by atoms with Gasteiger partial charge in [-0.1, -0.05) is 24.3 Å². The van der Waals surface area contributed by atoms with Gasteiger partial charge in [-0.3, -0.25) is 4.79 Å². The number of benzene rings is 2. The Hall–Kier alpha value is -2.03. The summed E-state index contributed by atoms with van der Waals surface area (Å²) < 4.78 is 32.5. The number of thioether (sulfide) groups is 1. The number of amides is 1. The van der Waals surface area contributed by atoms with Gasteiger partial charge in [0, 0.05) is 11.8 Å². The Labute approximate surface area is 171 Å². The molecule has 0 aliphatic rings. The molecular formula is C20H26N2O4S2. The summed E-state index contributed by atoms with van der Waals surface area (Å²) >= 11 is 1.50. The monoisotopic (exact) mass is 422 g/mol. The lowest BCUT2D eigenvalue weighted by atomic mass is 10.1. The summed E-state index contributed by atoms with van der Waals surface area (Å²) in [6.45, 7) is 5.53. The van der Waals surface area contributed by atoms with Crippen molar-refractivity contribution in [2.24, 2.45) is 0 Å². The van der Waals surface area contributed by atoms with Gasteiger partial charge < -0.3 is 10.1 Å². The Bertz CT molecular complexity index is 928. The summed E-state index contributed by atoms with van der Waals surface area (Å²) in [5.74, 6) is 1.16. The molecule has 152 valence electrons. The molecule has 0 radical (unpaired) electrons. The van der Waals surface area contributed by atoms with Gasteiger partial charge in [-0.15, -0.1) is 11.8 Å². The lowest BCUT2D eigenvalue weighted by molar-refractivity contribution is -0.113. The number of anilines is 1. The summed E-state index contributed by atoms with van der Waals surface area (Å²) in [5.41, 5.74) is 2.70. The fourth-order valence-electron chi connectivity index (χ4n) is 2.54. The van der Waals surface area contributed by atoms with E-state index in [1.165, 1.54) is 48.2 Å². The van der Waals surface area contributed by atoms with Gasteiger partial charge in [0.25, 0.3) is 0 Å². The van der Waals surface area contributed by atoms with Crippen molar-refractivity contribution in [1.82, 2.24) is 4.72 Å². The van der Waals surface area contributed by atoms with Gasteiger partial charge >= 0.3 is 0 Å². The van der Waals surface area contributed by atoms with Crippen molar-refractivity contribution >= 4 is 33.4 Å². The van der Waals surface area contributed by atoms with Crippen LogP contribution in [-0.4, -0.2) is 33.2 Å². The molecule has 0 saturated heterocycles. The van der Waals surface area contributed by atoms with Crippen molar-refractivity contribution in [3.05, 3.63) is 53.6 Å². The van der Waals surface area contributed by atoms with E-state index in [-0.39, 0.29) is 22.6 Å². The average molecular weight is 423 g/mol. The number of ether oxygens (including phenoxy) is 1. The average Bonchev–Trinajstić information content (AvgIpc) is 2.62. The number of carbonyl (C=O) groups excluding carboxylic acids is 1. The molecule has 0 atom stereocenters. The first-order valence-corrected chi connectivity index (χ1v) is 11.5. The van der Waals surface area contributed by atoms with Gasteiger partial charge in [0.05, 0.1) is 23.4 Å². The summed E-state index contributed by atoms with van der Waals surface area (Å²) in [6, 6.07) is 12.2. The number of carbonyl (C=O) groups is 1. The van der Waals surface area contributed by atoms with E-state index in [0.29, 0.717) is 11.4 Å². The lowest BCUT2D eigenvalue weighted by Crippen LogP contribution is -2.30. The van der Waals surface area contributed by atoms with Gasteiger partial charge in [-0.05, 0) is 50.1 Å². The van der Waals surface area contributed by atoms with Crippen LogP contribution in [0.15, 0.2) is 47.4 Å². The Kier molecular flexibility index (Phi) is 7.91. The third-order valence-electron chi connectivity index (χ3n) is 3.90. The van der Waals surface area contributed by atoms with Crippen molar-refractivity contribution in [3.8, 4) is 5.75 Å². The molecule has 0 aliphatic heterocycles. The number of aryl methyl sites for hydroxylation is 1. The van der Waals surface area contributed by atoms with Crippen LogP contribution in [0.3, 0.4) is 0 Å². The molecule has 2 aromatic rings. The quantitative estimate of drug-likeness (QED) is 0.645. The molecule has 0 bridgehead atoms. The molecule has 2 N–H and O–H groups in total. The van der Waals surface area contributed by atoms with Crippen LogP contribution >= 0.6 is 11.8 Å². The number of methoxy groups -OCH3 is 1. The SMILES string of the molecule is COc1ccc(S(=O)(=O)NC(C)C)cc1NC(=O)CSCc1ccccc1C. The molecule has 0 aromatic heterocycles. The minimum Gasteiger partial charge on any atom is -0.495 e. The fourth-order valence-corrected chi connectivity index (χ4v) is 4.72. The fraction of sp³-hybridized carbons (Fsp3) is 0.350. The van der Waals surface area contributed by atoms with Crippen molar-refractivity contribution < 1.29 is 17.9 Å². The van der Waals surface area contributed by atoms with Gasteiger partial charge in [-0.2, -0.15) is 0 Å². The largest absolute Gasteiger partial charge is 0.495 e. The Balaban J connectivity index is 2.06. The predicted octanol–water partition coefficient (Wildman–Crippen LogP) is 3.56. The second-order valence-corrected chi connectivity index (χ2v) is 9.31.